The Bertz CT molecular complexity index is 743. The molecule has 1 aromatic heterocycles. The summed E-state index contributed by atoms with van der Waals surface area (Å²) in [5, 5.41) is 7.97. The van der Waals surface area contributed by atoms with Gasteiger partial charge in [-0.2, -0.15) is 4.31 Å². The predicted octanol–water partition coefficient (Wildman–Crippen LogP) is 0.435. The van der Waals surface area contributed by atoms with E-state index in [4.69, 9.17) is 0 Å². The number of nitrogens with one attached hydrogen (secondary N) is 2. The number of thiophene rings is 1. The molecule has 2 fully saturated rings. The normalized spacial score (nSPS) is 25.3. The Kier molecular flexibility index (Phi) is 5.19. The van der Waals surface area contributed by atoms with Crippen molar-refractivity contribution in [1.82, 2.24) is 19.8 Å². The van der Waals surface area contributed by atoms with E-state index in [0.717, 1.165) is 6.54 Å². The first-order chi connectivity index (χ1) is 11.8. The summed E-state index contributed by atoms with van der Waals surface area (Å²) in [7, 11) is -3.43. The van der Waals surface area contributed by atoms with Crippen LogP contribution in [0.15, 0.2) is 34.0 Å². The van der Waals surface area contributed by atoms with Crippen molar-refractivity contribution in [2.45, 2.75) is 29.6 Å². The molecule has 3 rings (SSSR count). The standard InChI is InChI=1S/C16H24N4O3S2/c1-16(2)15(21)18-6-9-19(16)8-5-13-12-20(10-7-17-13)25(22,23)14-4-3-11-24-14/h3-5,8,11,13,17H,6-7,9-10,12H2,1-2H3,(H,18,21). The highest BCUT2D eigenvalue weighted by atomic mass is 32.2. The molecular formula is C16H24N4O3S2. The predicted molar refractivity (Wildman–Crippen MR) is 97.8 cm³/mol. The molecule has 0 aromatic carbocycles. The molecule has 1 amide bonds. The summed E-state index contributed by atoms with van der Waals surface area (Å²) >= 11 is 1.24. The summed E-state index contributed by atoms with van der Waals surface area (Å²) in [6.07, 6.45) is 3.87. The maximum atomic E-state index is 12.7. The van der Waals surface area contributed by atoms with Gasteiger partial charge in [0.1, 0.15) is 9.75 Å². The number of rotatable bonds is 4. The zero-order valence-electron chi connectivity index (χ0n) is 14.4. The molecule has 1 aromatic rings. The van der Waals surface area contributed by atoms with Crippen molar-refractivity contribution in [3.05, 3.63) is 29.8 Å². The molecule has 2 N–H and O–H groups in total. The molecule has 0 aliphatic carbocycles. The van der Waals surface area contributed by atoms with Crippen molar-refractivity contribution in [1.29, 1.82) is 0 Å². The number of carbonyl (C=O) groups is 1. The Morgan fingerprint density at radius 3 is 2.84 bits per heavy atom. The van der Waals surface area contributed by atoms with Crippen LogP contribution in [-0.2, 0) is 14.8 Å². The molecule has 138 valence electrons. The first-order valence-corrected chi connectivity index (χ1v) is 10.6. The fourth-order valence-electron chi connectivity index (χ4n) is 3.02. The second kappa shape index (κ2) is 7.06. The number of carbonyl (C=O) groups excluding carboxylic acids is 1. The molecule has 0 saturated carbocycles. The highest BCUT2D eigenvalue weighted by Crippen LogP contribution is 2.22. The molecule has 1 unspecified atom stereocenters. The molecule has 3 heterocycles. The third kappa shape index (κ3) is 3.74. The van der Waals surface area contributed by atoms with Gasteiger partial charge in [0, 0.05) is 38.8 Å². The van der Waals surface area contributed by atoms with Gasteiger partial charge in [-0.15, -0.1) is 11.3 Å². The van der Waals surface area contributed by atoms with Crippen LogP contribution in [0.3, 0.4) is 0 Å². The summed E-state index contributed by atoms with van der Waals surface area (Å²) in [5.74, 6) is 0.00176. The number of piperazine rings is 2. The second-order valence-corrected chi connectivity index (χ2v) is 9.82. The van der Waals surface area contributed by atoms with Gasteiger partial charge in [-0.3, -0.25) is 4.79 Å². The van der Waals surface area contributed by atoms with Gasteiger partial charge in [0.15, 0.2) is 0 Å². The number of nitrogens with zero attached hydrogens (tertiary/aromatic N) is 2. The van der Waals surface area contributed by atoms with Crippen molar-refractivity contribution in [3.63, 3.8) is 0 Å². The highest BCUT2D eigenvalue weighted by molar-refractivity contribution is 7.91. The van der Waals surface area contributed by atoms with Crippen LogP contribution >= 0.6 is 11.3 Å². The molecule has 0 spiro atoms. The third-order valence-corrected chi connectivity index (χ3v) is 7.91. The van der Waals surface area contributed by atoms with Gasteiger partial charge < -0.3 is 15.5 Å². The Morgan fingerprint density at radius 1 is 1.32 bits per heavy atom. The highest BCUT2D eigenvalue weighted by Gasteiger charge is 2.36. The molecule has 2 aliphatic heterocycles. The lowest BCUT2D eigenvalue weighted by molar-refractivity contribution is -0.132. The van der Waals surface area contributed by atoms with E-state index in [1.807, 2.05) is 31.0 Å². The maximum absolute atomic E-state index is 12.7. The Morgan fingerprint density at radius 2 is 2.12 bits per heavy atom. The molecule has 2 saturated heterocycles. The van der Waals surface area contributed by atoms with Crippen LogP contribution in [-0.4, -0.2) is 67.8 Å². The second-order valence-electron chi connectivity index (χ2n) is 6.71. The summed E-state index contributed by atoms with van der Waals surface area (Å²) in [6.45, 7) is 6.56. The Labute approximate surface area is 152 Å². The average molecular weight is 385 g/mol. The van der Waals surface area contributed by atoms with E-state index in [1.54, 1.807) is 17.5 Å². The van der Waals surface area contributed by atoms with E-state index in [9.17, 15) is 13.2 Å². The van der Waals surface area contributed by atoms with Gasteiger partial charge in [0.25, 0.3) is 10.0 Å². The van der Waals surface area contributed by atoms with Crippen LogP contribution in [0.1, 0.15) is 13.8 Å². The fraction of sp³-hybridized carbons (Fsp3) is 0.562. The number of hydrogen-bond acceptors (Lipinski definition) is 6. The summed E-state index contributed by atoms with van der Waals surface area (Å²) in [6, 6.07) is 3.31. The molecule has 1 atom stereocenters. The van der Waals surface area contributed by atoms with Gasteiger partial charge >= 0.3 is 0 Å². The minimum absolute atomic E-state index is 0.00176. The van der Waals surface area contributed by atoms with E-state index in [0.29, 0.717) is 30.4 Å². The van der Waals surface area contributed by atoms with E-state index < -0.39 is 15.6 Å². The van der Waals surface area contributed by atoms with E-state index in [2.05, 4.69) is 10.6 Å². The first-order valence-electron chi connectivity index (χ1n) is 8.32. The van der Waals surface area contributed by atoms with Crippen molar-refractivity contribution in [2.75, 3.05) is 32.7 Å². The minimum atomic E-state index is -3.43. The third-order valence-electron chi connectivity index (χ3n) is 4.67. The van der Waals surface area contributed by atoms with Crippen LogP contribution in [0.2, 0.25) is 0 Å². The molecule has 7 nitrogen and oxygen atoms in total. The zero-order valence-corrected chi connectivity index (χ0v) is 16.1. The van der Waals surface area contributed by atoms with E-state index in [-0.39, 0.29) is 11.9 Å². The van der Waals surface area contributed by atoms with Crippen molar-refractivity contribution < 1.29 is 13.2 Å². The smallest absolute Gasteiger partial charge is 0.252 e. The van der Waals surface area contributed by atoms with Crippen LogP contribution in [0, 0.1) is 0 Å². The van der Waals surface area contributed by atoms with E-state index in [1.165, 1.54) is 15.6 Å². The van der Waals surface area contributed by atoms with Gasteiger partial charge in [-0.05, 0) is 31.5 Å². The summed E-state index contributed by atoms with van der Waals surface area (Å²) in [5.41, 5.74) is -0.605. The first kappa shape index (κ1) is 18.4. The fourth-order valence-corrected chi connectivity index (χ4v) is 5.63. The molecule has 2 aliphatic rings. The molecule has 0 radical (unpaired) electrons. The van der Waals surface area contributed by atoms with Crippen LogP contribution in [0.4, 0.5) is 0 Å². The maximum Gasteiger partial charge on any atom is 0.252 e. The van der Waals surface area contributed by atoms with Crippen LogP contribution in [0.25, 0.3) is 0 Å². The quantitative estimate of drug-likeness (QED) is 0.787. The Balaban J connectivity index is 1.69. The SMILES string of the molecule is CC1(C)C(=O)NCCN1C=CC1CN(S(=O)(=O)c2cccs2)CCN1. The lowest BCUT2D eigenvalue weighted by Gasteiger charge is -2.41. The zero-order chi connectivity index (χ0) is 18.1. The summed E-state index contributed by atoms with van der Waals surface area (Å²) < 4.78 is 27.2. The summed E-state index contributed by atoms with van der Waals surface area (Å²) in [4.78, 5) is 14.0. The number of amides is 1. The molecular weight excluding hydrogens is 360 g/mol. The van der Waals surface area contributed by atoms with Crippen molar-refractivity contribution in [2.24, 2.45) is 0 Å². The van der Waals surface area contributed by atoms with Crippen molar-refractivity contribution >= 4 is 27.3 Å². The monoisotopic (exact) mass is 384 g/mol. The van der Waals surface area contributed by atoms with Gasteiger partial charge in [-0.1, -0.05) is 12.1 Å². The topological polar surface area (TPSA) is 81.8 Å². The van der Waals surface area contributed by atoms with Crippen LogP contribution < -0.4 is 10.6 Å². The number of hydrogen-bond donors (Lipinski definition) is 2. The lowest BCUT2D eigenvalue weighted by Crippen LogP contribution is -2.60. The van der Waals surface area contributed by atoms with Gasteiger partial charge in [0.2, 0.25) is 5.91 Å². The average Bonchev–Trinajstić information content (AvgIpc) is 3.12. The van der Waals surface area contributed by atoms with Gasteiger partial charge in [0.05, 0.1) is 0 Å². The molecule has 25 heavy (non-hydrogen) atoms. The van der Waals surface area contributed by atoms with Crippen LogP contribution in [0.5, 0.6) is 0 Å². The largest absolute Gasteiger partial charge is 0.362 e. The van der Waals surface area contributed by atoms with Gasteiger partial charge in [-0.25, -0.2) is 8.42 Å². The lowest BCUT2D eigenvalue weighted by atomic mass is 9.99. The molecule has 0 bridgehead atoms. The van der Waals surface area contributed by atoms with Crippen molar-refractivity contribution in [3.8, 4) is 0 Å². The van der Waals surface area contributed by atoms with E-state index >= 15 is 0 Å². The molecule has 9 heteroatoms. The minimum Gasteiger partial charge on any atom is -0.362 e. The Hall–Kier alpha value is -1.42. The number of sulfonamides is 1.